The molecule has 0 saturated heterocycles. The Morgan fingerprint density at radius 2 is 2.11 bits per heavy atom. The van der Waals surface area contributed by atoms with Crippen LogP contribution in [0.5, 0.6) is 0 Å². The largest absolute Gasteiger partial charge is 0.305 e. The van der Waals surface area contributed by atoms with Crippen molar-refractivity contribution in [2.24, 2.45) is 7.05 Å². The molecule has 0 fully saturated rings. The lowest BCUT2D eigenvalue weighted by atomic mass is 10.1. The molecule has 1 unspecified atom stereocenters. The van der Waals surface area contributed by atoms with Crippen LogP contribution in [0, 0.1) is 0 Å². The number of hydrogen-bond donors (Lipinski definition) is 1. The first kappa shape index (κ1) is 13.4. The van der Waals surface area contributed by atoms with Crippen molar-refractivity contribution >= 4 is 23.2 Å². The highest BCUT2D eigenvalue weighted by Crippen LogP contribution is 2.26. The third-order valence-electron chi connectivity index (χ3n) is 2.94. The minimum atomic E-state index is 0.157. The highest BCUT2D eigenvalue weighted by Gasteiger charge is 2.10. The van der Waals surface area contributed by atoms with E-state index < -0.39 is 0 Å². The van der Waals surface area contributed by atoms with Gasteiger partial charge in [-0.2, -0.15) is 5.10 Å². The summed E-state index contributed by atoms with van der Waals surface area (Å²) in [6, 6.07) is 7.71. The van der Waals surface area contributed by atoms with Gasteiger partial charge >= 0.3 is 0 Å². The van der Waals surface area contributed by atoms with Crippen LogP contribution in [0.25, 0.3) is 0 Å². The van der Waals surface area contributed by atoms with Gasteiger partial charge in [-0.15, -0.1) is 0 Å². The molecular weight excluding hydrogens is 269 g/mol. The van der Waals surface area contributed by atoms with Crippen LogP contribution in [0.2, 0.25) is 10.0 Å². The lowest BCUT2D eigenvalue weighted by Crippen LogP contribution is -2.20. The first-order chi connectivity index (χ1) is 8.58. The number of aryl methyl sites for hydroxylation is 1. The van der Waals surface area contributed by atoms with Gasteiger partial charge in [0.1, 0.15) is 0 Å². The maximum Gasteiger partial charge on any atom is 0.0518 e. The van der Waals surface area contributed by atoms with Gasteiger partial charge in [-0.25, -0.2) is 0 Å². The Labute approximate surface area is 117 Å². The van der Waals surface area contributed by atoms with E-state index in [4.69, 9.17) is 23.2 Å². The molecule has 1 N–H and O–H groups in total. The zero-order chi connectivity index (χ0) is 13.1. The summed E-state index contributed by atoms with van der Waals surface area (Å²) in [4.78, 5) is 0. The van der Waals surface area contributed by atoms with Gasteiger partial charge in [-0.3, -0.25) is 4.68 Å². The average molecular weight is 284 g/mol. The number of hydrogen-bond acceptors (Lipinski definition) is 2. The van der Waals surface area contributed by atoms with Crippen molar-refractivity contribution < 1.29 is 0 Å². The number of nitrogens with zero attached hydrogens (tertiary/aromatic N) is 2. The summed E-state index contributed by atoms with van der Waals surface area (Å²) in [6.45, 7) is 2.82. The minimum Gasteiger partial charge on any atom is -0.305 e. The first-order valence-electron chi connectivity index (χ1n) is 5.73. The quantitative estimate of drug-likeness (QED) is 0.930. The second kappa shape index (κ2) is 5.74. The molecule has 0 bridgehead atoms. The smallest absolute Gasteiger partial charge is 0.0518 e. The van der Waals surface area contributed by atoms with Gasteiger partial charge in [-0.1, -0.05) is 29.3 Å². The summed E-state index contributed by atoms with van der Waals surface area (Å²) < 4.78 is 1.85. The molecule has 0 spiro atoms. The van der Waals surface area contributed by atoms with Gasteiger partial charge < -0.3 is 5.32 Å². The van der Waals surface area contributed by atoms with Gasteiger partial charge in [0.25, 0.3) is 0 Å². The summed E-state index contributed by atoms with van der Waals surface area (Å²) in [6.07, 6.45) is 1.79. The number of halogens is 2. The number of aromatic nitrogens is 2. The van der Waals surface area contributed by atoms with E-state index in [2.05, 4.69) is 17.3 Å². The third kappa shape index (κ3) is 3.05. The Kier molecular flexibility index (Phi) is 4.27. The van der Waals surface area contributed by atoms with Crippen LogP contribution in [0.1, 0.15) is 24.2 Å². The molecule has 2 rings (SSSR count). The highest BCUT2D eigenvalue weighted by molar-refractivity contribution is 6.35. The topological polar surface area (TPSA) is 29.9 Å². The molecule has 0 aliphatic carbocycles. The maximum absolute atomic E-state index is 6.17. The van der Waals surface area contributed by atoms with Crippen LogP contribution in [0.15, 0.2) is 30.5 Å². The molecule has 2 aromatic rings. The standard InChI is InChI=1S/C13H15Cl2N3/c1-9(12-4-3-10(14)7-13(12)15)16-8-11-5-6-17-18(11)2/h3-7,9,16H,8H2,1-2H3. The zero-order valence-corrected chi connectivity index (χ0v) is 11.8. The zero-order valence-electron chi connectivity index (χ0n) is 10.3. The molecule has 5 heteroatoms. The Hall–Kier alpha value is -1.03. The summed E-state index contributed by atoms with van der Waals surface area (Å²) >= 11 is 12.1. The molecule has 1 atom stereocenters. The van der Waals surface area contributed by atoms with Crippen LogP contribution in [0.4, 0.5) is 0 Å². The minimum absolute atomic E-state index is 0.157. The van der Waals surface area contributed by atoms with E-state index in [9.17, 15) is 0 Å². The molecule has 96 valence electrons. The first-order valence-corrected chi connectivity index (χ1v) is 6.48. The molecule has 18 heavy (non-hydrogen) atoms. The molecular formula is C13H15Cl2N3. The van der Waals surface area contributed by atoms with Crippen molar-refractivity contribution in [3.05, 3.63) is 51.8 Å². The van der Waals surface area contributed by atoms with Gasteiger partial charge in [0.05, 0.1) is 5.69 Å². The van der Waals surface area contributed by atoms with E-state index in [-0.39, 0.29) is 6.04 Å². The van der Waals surface area contributed by atoms with Crippen molar-refractivity contribution in [3.8, 4) is 0 Å². The van der Waals surface area contributed by atoms with Crippen LogP contribution in [0.3, 0.4) is 0 Å². The van der Waals surface area contributed by atoms with Crippen LogP contribution < -0.4 is 5.32 Å². The highest BCUT2D eigenvalue weighted by atomic mass is 35.5. The van der Waals surface area contributed by atoms with Gasteiger partial charge in [0.15, 0.2) is 0 Å². The predicted octanol–water partition coefficient (Wildman–Crippen LogP) is 3.58. The normalized spacial score (nSPS) is 12.7. The van der Waals surface area contributed by atoms with Gasteiger partial charge in [0.2, 0.25) is 0 Å². The fourth-order valence-corrected chi connectivity index (χ4v) is 2.37. The number of benzene rings is 1. The molecule has 0 amide bonds. The second-order valence-corrected chi connectivity index (χ2v) is 5.06. The van der Waals surface area contributed by atoms with Gasteiger partial charge in [0, 0.05) is 35.9 Å². The lowest BCUT2D eigenvalue weighted by molar-refractivity contribution is 0.548. The molecule has 0 aliphatic rings. The Bertz CT molecular complexity index is 537. The second-order valence-electron chi connectivity index (χ2n) is 4.21. The Morgan fingerprint density at radius 3 is 2.72 bits per heavy atom. The fraction of sp³-hybridized carbons (Fsp3) is 0.308. The maximum atomic E-state index is 6.17. The van der Waals surface area contributed by atoms with E-state index in [1.807, 2.05) is 29.9 Å². The van der Waals surface area contributed by atoms with Crippen LogP contribution in [-0.4, -0.2) is 9.78 Å². The predicted molar refractivity (Wildman–Crippen MR) is 74.9 cm³/mol. The van der Waals surface area contributed by atoms with Crippen molar-refractivity contribution in [2.75, 3.05) is 0 Å². The van der Waals surface area contributed by atoms with Crippen LogP contribution >= 0.6 is 23.2 Å². The van der Waals surface area contributed by atoms with E-state index >= 15 is 0 Å². The monoisotopic (exact) mass is 283 g/mol. The van der Waals surface area contributed by atoms with Crippen molar-refractivity contribution in [3.63, 3.8) is 0 Å². The van der Waals surface area contributed by atoms with E-state index in [1.165, 1.54) is 0 Å². The molecule has 3 nitrogen and oxygen atoms in total. The molecule has 1 heterocycles. The summed E-state index contributed by atoms with van der Waals surface area (Å²) in [5.41, 5.74) is 2.18. The third-order valence-corrected chi connectivity index (χ3v) is 3.50. The summed E-state index contributed by atoms with van der Waals surface area (Å²) in [5, 5.41) is 8.89. The molecule has 1 aromatic carbocycles. The van der Waals surface area contributed by atoms with Gasteiger partial charge in [-0.05, 0) is 30.7 Å². The van der Waals surface area contributed by atoms with Crippen LogP contribution in [-0.2, 0) is 13.6 Å². The average Bonchev–Trinajstić information content (AvgIpc) is 2.72. The summed E-state index contributed by atoms with van der Waals surface area (Å²) in [5.74, 6) is 0. The molecule has 0 radical (unpaired) electrons. The van der Waals surface area contributed by atoms with E-state index in [0.29, 0.717) is 10.0 Å². The molecule has 1 aromatic heterocycles. The van der Waals surface area contributed by atoms with Crippen molar-refractivity contribution in [1.82, 2.24) is 15.1 Å². The summed E-state index contributed by atoms with van der Waals surface area (Å²) in [7, 11) is 1.93. The SMILES string of the molecule is CC(NCc1ccnn1C)c1ccc(Cl)cc1Cl. The Morgan fingerprint density at radius 1 is 1.33 bits per heavy atom. The van der Waals surface area contributed by atoms with E-state index in [0.717, 1.165) is 17.8 Å². The molecule has 0 saturated carbocycles. The lowest BCUT2D eigenvalue weighted by Gasteiger charge is -2.16. The number of nitrogens with one attached hydrogen (secondary N) is 1. The van der Waals surface area contributed by atoms with Crippen molar-refractivity contribution in [1.29, 1.82) is 0 Å². The Balaban J connectivity index is 2.03. The number of rotatable bonds is 4. The van der Waals surface area contributed by atoms with Crippen molar-refractivity contribution in [2.45, 2.75) is 19.5 Å². The molecule has 0 aliphatic heterocycles. The fourth-order valence-electron chi connectivity index (χ4n) is 1.80. The van der Waals surface area contributed by atoms with E-state index in [1.54, 1.807) is 12.3 Å².